The monoisotopic (exact) mass is 438 g/mol. The Balaban J connectivity index is 1.69. The van der Waals surface area contributed by atoms with Gasteiger partial charge in [-0.2, -0.15) is 0 Å². The summed E-state index contributed by atoms with van der Waals surface area (Å²) in [6.07, 6.45) is 4.76. The molecule has 0 saturated heterocycles. The van der Waals surface area contributed by atoms with E-state index in [1.807, 2.05) is 54.6 Å². The van der Waals surface area contributed by atoms with Gasteiger partial charge in [0, 0.05) is 16.7 Å². The molecule has 0 spiro atoms. The SMILES string of the molecule is Oc1ccc2cc1-c1cc(ccc1O)CCc1c(ccc(O)c1O)Oc1cccc(c1)C=C2. The summed E-state index contributed by atoms with van der Waals surface area (Å²) in [7, 11) is 0. The number of aryl methyl sites for hydroxylation is 1. The molecule has 0 aliphatic carbocycles. The van der Waals surface area contributed by atoms with E-state index in [-0.39, 0.29) is 23.0 Å². The summed E-state index contributed by atoms with van der Waals surface area (Å²) >= 11 is 0. The topological polar surface area (TPSA) is 90.2 Å². The molecule has 1 heterocycles. The zero-order valence-electron chi connectivity index (χ0n) is 17.7. The summed E-state index contributed by atoms with van der Waals surface area (Å²) in [4.78, 5) is 0. The van der Waals surface area contributed by atoms with Gasteiger partial charge in [0.1, 0.15) is 23.0 Å². The predicted octanol–water partition coefficient (Wildman–Crippen LogP) is 6.24. The van der Waals surface area contributed by atoms with E-state index >= 15 is 0 Å². The van der Waals surface area contributed by atoms with Crippen molar-refractivity contribution in [1.29, 1.82) is 0 Å². The third kappa shape index (κ3) is 4.08. The molecule has 0 aromatic heterocycles. The average Bonchev–Trinajstić information content (AvgIpc) is 2.81. The van der Waals surface area contributed by atoms with Gasteiger partial charge in [-0.25, -0.2) is 0 Å². The Morgan fingerprint density at radius 3 is 2.12 bits per heavy atom. The van der Waals surface area contributed by atoms with Crippen LogP contribution in [0.2, 0.25) is 0 Å². The molecule has 4 N–H and O–H groups in total. The van der Waals surface area contributed by atoms with Crippen LogP contribution in [0.3, 0.4) is 0 Å². The number of hydrogen-bond acceptors (Lipinski definition) is 5. The van der Waals surface area contributed by atoms with Crippen LogP contribution in [0.25, 0.3) is 23.3 Å². The number of hydrogen-bond donors (Lipinski definition) is 4. The molecule has 0 saturated carbocycles. The Hall–Kier alpha value is -4.38. The van der Waals surface area contributed by atoms with Gasteiger partial charge in [0.05, 0.1) is 0 Å². The first-order valence-electron chi connectivity index (χ1n) is 10.6. The van der Waals surface area contributed by atoms with Crippen LogP contribution in [0, 0.1) is 0 Å². The lowest BCUT2D eigenvalue weighted by Crippen LogP contribution is -1.97. The Morgan fingerprint density at radius 2 is 1.30 bits per heavy atom. The molecule has 4 aromatic rings. The van der Waals surface area contributed by atoms with E-state index in [9.17, 15) is 20.4 Å². The zero-order chi connectivity index (χ0) is 22.9. The standard InChI is InChI=1S/C28H22O5/c29-24-10-7-18-5-4-17-2-1-3-20(14-17)33-27-13-12-26(31)28(32)21(27)9-6-19-8-11-25(30)23(16-19)22(24)15-18/h1-5,7-8,10-16,29-32H,6,9H2. The molecule has 0 amide bonds. The van der Waals surface area contributed by atoms with E-state index in [0.29, 0.717) is 41.0 Å². The van der Waals surface area contributed by atoms with Crippen LogP contribution in [-0.4, -0.2) is 20.4 Å². The van der Waals surface area contributed by atoms with Gasteiger partial charge in [0.25, 0.3) is 0 Å². The molecule has 6 bridgehead atoms. The maximum Gasteiger partial charge on any atom is 0.164 e. The summed E-state index contributed by atoms with van der Waals surface area (Å²) in [5, 5.41) is 41.6. The third-order valence-corrected chi connectivity index (χ3v) is 5.81. The molecule has 164 valence electrons. The van der Waals surface area contributed by atoms with Crippen molar-refractivity contribution in [3.63, 3.8) is 0 Å². The van der Waals surface area contributed by atoms with Crippen molar-refractivity contribution >= 4 is 12.2 Å². The van der Waals surface area contributed by atoms with Gasteiger partial charge in [-0.1, -0.05) is 36.4 Å². The highest BCUT2D eigenvalue weighted by atomic mass is 16.5. The second-order valence-corrected chi connectivity index (χ2v) is 8.05. The molecule has 0 unspecified atom stereocenters. The highest BCUT2D eigenvalue weighted by Gasteiger charge is 2.16. The van der Waals surface area contributed by atoms with Gasteiger partial charge < -0.3 is 25.2 Å². The maximum absolute atomic E-state index is 10.5. The minimum Gasteiger partial charge on any atom is -0.507 e. The Morgan fingerprint density at radius 1 is 0.606 bits per heavy atom. The Kier molecular flexibility index (Phi) is 5.15. The van der Waals surface area contributed by atoms with Crippen molar-refractivity contribution in [1.82, 2.24) is 0 Å². The van der Waals surface area contributed by atoms with Gasteiger partial charge in [-0.15, -0.1) is 0 Å². The first kappa shape index (κ1) is 20.5. The summed E-state index contributed by atoms with van der Waals surface area (Å²) in [5.74, 6) is 0.775. The number of phenolic OH excluding ortho intramolecular Hbond substituents is 4. The number of aromatic hydroxyl groups is 4. The fraction of sp³-hybridized carbons (Fsp3) is 0.0714. The predicted molar refractivity (Wildman–Crippen MR) is 128 cm³/mol. The van der Waals surface area contributed by atoms with Crippen LogP contribution in [0.1, 0.15) is 22.3 Å². The molecule has 4 aromatic carbocycles. The molecular weight excluding hydrogens is 416 g/mol. The van der Waals surface area contributed by atoms with Crippen LogP contribution in [0.15, 0.2) is 72.8 Å². The van der Waals surface area contributed by atoms with Crippen molar-refractivity contribution in [3.05, 3.63) is 95.1 Å². The van der Waals surface area contributed by atoms with Crippen LogP contribution in [-0.2, 0) is 12.8 Å². The van der Waals surface area contributed by atoms with Crippen LogP contribution < -0.4 is 4.74 Å². The molecule has 0 radical (unpaired) electrons. The number of benzene rings is 4. The normalized spacial score (nSPS) is 12.6. The minimum absolute atomic E-state index is 0.0632. The number of rotatable bonds is 0. The summed E-state index contributed by atoms with van der Waals surface area (Å²) < 4.78 is 6.09. The second kappa shape index (κ2) is 8.28. The van der Waals surface area contributed by atoms with E-state index in [2.05, 4.69) is 0 Å². The van der Waals surface area contributed by atoms with E-state index in [4.69, 9.17) is 4.74 Å². The van der Waals surface area contributed by atoms with Crippen molar-refractivity contribution in [2.24, 2.45) is 0 Å². The molecule has 1 aliphatic rings. The van der Waals surface area contributed by atoms with Gasteiger partial charge in [-0.3, -0.25) is 0 Å². The Labute approximate surface area is 191 Å². The largest absolute Gasteiger partial charge is 0.507 e. The molecule has 5 heteroatoms. The van der Waals surface area contributed by atoms with Crippen LogP contribution in [0.5, 0.6) is 34.5 Å². The van der Waals surface area contributed by atoms with Gasteiger partial charge in [0.15, 0.2) is 11.5 Å². The third-order valence-electron chi connectivity index (χ3n) is 5.81. The number of phenols is 4. The summed E-state index contributed by atoms with van der Waals surface area (Å²) in [5.41, 5.74) is 4.21. The quantitative estimate of drug-likeness (QED) is 0.244. The Bertz CT molecular complexity index is 1390. The molecule has 0 atom stereocenters. The molecule has 5 nitrogen and oxygen atoms in total. The maximum atomic E-state index is 10.5. The summed E-state index contributed by atoms with van der Waals surface area (Å²) in [6, 6.07) is 21.1. The number of fused-ring (bicyclic) bond motifs is 8. The fourth-order valence-electron chi connectivity index (χ4n) is 4.04. The molecule has 5 rings (SSSR count). The lowest BCUT2D eigenvalue weighted by atomic mass is 9.96. The van der Waals surface area contributed by atoms with Crippen molar-refractivity contribution in [3.8, 4) is 45.6 Å². The van der Waals surface area contributed by atoms with Crippen molar-refractivity contribution in [2.75, 3.05) is 0 Å². The van der Waals surface area contributed by atoms with E-state index in [1.165, 1.54) is 6.07 Å². The first-order chi connectivity index (χ1) is 16.0. The van der Waals surface area contributed by atoms with Gasteiger partial charge in [-0.05, 0) is 78.1 Å². The number of ether oxygens (including phenoxy) is 1. The highest BCUT2D eigenvalue weighted by molar-refractivity contribution is 5.80. The molecular formula is C28H22O5. The smallest absolute Gasteiger partial charge is 0.164 e. The van der Waals surface area contributed by atoms with E-state index in [0.717, 1.165) is 16.7 Å². The lowest BCUT2D eigenvalue weighted by molar-refractivity contribution is 0.391. The molecule has 0 fully saturated rings. The lowest BCUT2D eigenvalue weighted by Gasteiger charge is -2.15. The van der Waals surface area contributed by atoms with Crippen LogP contribution >= 0.6 is 0 Å². The van der Waals surface area contributed by atoms with Crippen molar-refractivity contribution in [2.45, 2.75) is 12.8 Å². The zero-order valence-corrected chi connectivity index (χ0v) is 17.7. The minimum atomic E-state index is -0.214. The van der Waals surface area contributed by atoms with Crippen LogP contribution in [0.4, 0.5) is 0 Å². The van der Waals surface area contributed by atoms with Gasteiger partial charge >= 0.3 is 0 Å². The van der Waals surface area contributed by atoms with Gasteiger partial charge in [0.2, 0.25) is 0 Å². The molecule has 1 aliphatic heterocycles. The fourth-order valence-corrected chi connectivity index (χ4v) is 4.04. The summed E-state index contributed by atoms with van der Waals surface area (Å²) in [6.45, 7) is 0. The highest BCUT2D eigenvalue weighted by Crippen LogP contribution is 2.40. The first-order valence-corrected chi connectivity index (χ1v) is 10.6. The molecule has 33 heavy (non-hydrogen) atoms. The average molecular weight is 438 g/mol. The second-order valence-electron chi connectivity index (χ2n) is 8.05. The van der Waals surface area contributed by atoms with E-state index in [1.54, 1.807) is 24.3 Å². The van der Waals surface area contributed by atoms with Crippen molar-refractivity contribution < 1.29 is 25.2 Å². The van der Waals surface area contributed by atoms with E-state index < -0.39 is 0 Å².